The van der Waals surface area contributed by atoms with E-state index in [2.05, 4.69) is 20.3 Å². The minimum Gasteiger partial charge on any atom is -0.460 e. The van der Waals surface area contributed by atoms with E-state index < -0.39 is 0 Å². The molecular formula is C19H19ClN4O2. The number of amides is 1. The Kier molecular flexibility index (Phi) is 4.75. The first kappa shape index (κ1) is 16.8. The van der Waals surface area contributed by atoms with Crippen molar-refractivity contribution in [2.24, 2.45) is 0 Å². The highest BCUT2D eigenvalue weighted by Crippen LogP contribution is 2.23. The molecule has 134 valence electrons. The zero-order chi connectivity index (χ0) is 17.9. The van der Waals surface area contributed by atoms with Gasteiger partial charge in [-0.15, -0.1) is 0 Å². The van der Waals surface area contributed by atoms with E-state index in [1.165, 1.54) is 12.4 Å². The van der Waals surface area contributed by atoms with Gasteiger partial charge in [0.1, 0.15) is 6.10 Å². The van der Waals surface area contributed by atoms with Crippen LogP contribution in [-0.2, 0) is 0 Å². The smallest absolute Gasteiger partial charge is 0.316 e. The molecule has 26 heavy (non-hydrogen) atoms. The van der Waals surface area contributed by atoms with Crippen LogP contribution in [0.25, 0.3) is 10.9 Å². The van der Waals surface area contributed by atoms with Gasteiger partial charge in [-0.1, -0.05) is 11.6 Å². The summed E-state index contributed by atoms with van der Waals surface area (Å²) in [5.41, 5.74) is 1.72. The molecule has 0 atom stereocenters. The molecule has 1 aromatic carbocycles. The highest BCUT2D eigenvalue weighted by atomic mass is 35.5. The fourth-order valence-corrected chi connectivity index (χ4v) is 3.40. The van der Waals surface area contributed by atoms with Gasteiger partial charge in [0.25, 0.3) is 5.91 Å². The number of aromatic nitrogens is 3. The monoisotopic (exact) mass is 370 g/mol. The van der Waals surface area contributed by atoms with Gasteiger partial charge in [0.05, 0.1) is 17.4 Å². The lowest BCUT2D eigenvalue weighted by Gasteiger charge is -2.28. The van der Waals surface area contributed by atoms with Gasteiger partial charge in [-0.2, -0.15) is 0 Å². The molecule has 0 saturated heterocycles. The summed E-state index contributed by atoms with van der Waals surface area (Å²) in [6, 6.07) is 8.17. The lowest BCUT2D eigenvalue weighted by atomic mass is 9.92. The van der Waals surface area contributed by atoms with Crippen LogP contribution in [0.5, 0.6) is 6.01 Å². The molecule has 0 aliphatic heterocycles. The van der Waals surface area contributed by atoms with Gasteiger partial charge < -0.3 is 15.0 Å². The standard InChI is InChI=1S/C19H19ClN4O2/c20-14-10-22-19(23-11-14)26-16-4-2-15(3-5-16)24-18(25)13-1-6-17-12(9-13)7-8-21-17/h1,6-11,15-16,21H,2-5H2,(H,24,25). The van der Waals surface area contributed by atoms with E-state index in [1.807, 2.05) is 30.5 Å². The third-order valence-electron chi connectivity index (χ3n) is 4.69. The highest BCUT2D eigenvalue weighted by Gasteiger charge is 2.24. The minimum atomic E-state index is -0.0292. The van der Waals surface area contributed by atoms with Crippen LogP contribution < -0.4 is 10.1 Å². The average Bonchev–Trinajstić information content (AvgIpc) is 3.13. The number of halogens is 1. The van der Waals surface area contributed by atoms with Crippen molar-refractivity contribution in [3.63, 3.8) is 0 Å². The van der Waals surface area contributed by atoms with Crippen molar-refractivity contribution in [2.45, 2.75) is 37.8 Å². The molecule has 0 spiro atoms. The first-order valence-corrected chi connectivity index (χ1v) is 9.07. The molecule has 1 aliphatic rings. The molecule has 2 aromatic heterocycles. The van der Waals surface area contributed by atoms with E-state index in [4.69, 9.17) is 16.3 Å². The van der Waals surface area contributed by atoms with Crippen LogP contribution in [0.4, 0.5) is 0 Å². The number of benzene rings is 1. The summed E-state index contributed by atoms with van der Waals surface area (Å²) >= 11 is 5.78. The first-order valence-electron chi connectivity index (χ1n) is 8.69. The van der Waals surface area contributed by atoms with E-state index in [-0.39, 0.29) is 18.1 Å². The molecule has 2 heterocycles. The molecule has 1 amide bonds. The first-order chi connectivity index (χ1) is 12.7. The molecule has 7 heteroatoms. The summed E-state index contributed by atoms with van der Waals surface area (Å²) in [5.74, 6) is -0.0292. The Balaban J connectivity index is 1.30. The van der Waals surface area contributed by atoms with Crippen LogP contribution in [0.2, 0.25) is 5.02 Å². The van der Waals surface area contributed by atoms with Crippen LogP contribution in [0.15, 0.2) is 42.9 Å². The second-order valence-electron chi connectivity index (χ2n) is 6.53. The summed E-state index contributed by atoms with van der Waals surface area (Å²) in [4.78, 5) is 23.8. The average molecular weight is 371 g/mol. The lowest BCUT2D eigenvalue weighted by molar-refractivity contribution is 0.0885. The Morgan fingerprint density at radius 3 is 2.69 bits per heavy atom. The number of nitrogens with zero attached hydrogens (tertiary/aromatic N) is 2. The van der Waals surface area contributed by atoms with Crippen molar-refractivity contribution in [1.82, 2.24) is 20.3 Å². The van der Waals surface area contributed by atoms with Gasteiger partial charge >= 0.3 is 6.01 Å². The van der Waals surface area contributed by atoms with Gasteiger partial charge in [-0.3, -0.25) is 4.79 Å². The molecule has 1 aliphatic carbocycles. The van der Waals surface area contributed by atoms with E-state index >= 15 is 0 Å². The third kappa shape index (κ3) is 3.80. The van der Waals surface area contributed by atoms with Crippen LogP contribution in [0, 0.1) is 0 Å². The minimum absolute atomic E-state index is 0.0292. The maximum Gasteiger partial charge on any atom is 0.316 e. The Hall–Kier alpha value is -2.60. The summed E-state index contributed by atoms with van der Waals surface area (Å²) in [6.07, 6.45) is 8.45. The largest absolute Gasteiger partial charge is 0.460 e. The van der Waals surface area contributed by atoms with E-state index in [9.17, 15) is 4.79 Å². The topological polar surface area (TPSA) is 79.9 Å². The van der Waals surface area contributed by atoms with Gasteiger partial charge in [-0.05, 0) is 49.9 Å². The molecule has 6 nitrogen and oxygen atoms in total. The second kappa shape index (κ2) is 7.33. The summed E-state index contributed by atoms with van der Waals surface area (Å²) < 4.78 is 5.79. The third-order valence-corrected chi connectivity index (χ3v) is 4.89. The molecule has 3 aromatic rings. The predicted molar refractivity (Wildman–Crippen MR) is 99.5 cm³/mol. The summed E-state index contributed by atoms with van der Waals surface area (Å²) in [7, 11) is 0. The van der Waals surface area contributed by atoms with Crippen molar-refractivity contribution in [1.29, 1.82) is 0 Å². The second-order valence-corrected chi connectivity index (χ2v) is 6.96. The molecule has 1 saturated carbocycles. The van der Waals surface area contributed by atoms with E-state index in [1.54, 1.807) is 0 Å². The van der Waals surface area contributed by atoms with Gasteiger partial charge in [0, 0.05) is 28.7 Å². The van der Waals surface area contributed by atoms with Gasteiger partial charge in [0.2, 0.25) is 0 Å². The molecule has 0 unspecified atom stereocenters. The van der Waals surface area contributed by atoms with Crippen molar-refractivity contribution in [3.05, 3.63) is 53.4 Å². The summed E-state index contributed by atoms with van der Waals surface area (Å²) in [5, 5.41) is 4.66. The van der Waals surface area contributed by atoms with Crippen LogP contribution in [0.3, 0.4) is 0 Å². The molecule has 4 rings (SSSR count). The lowest BCUT2D eigenvalue weighted by Crippen LogP contribution is -2.39. The Labute approximate surface area is 155 Å². The van der Waals surface area contributed by atoms with Crippen LogP contribution in [0.1, 0.15) is 36.0 Å². The molecule has 0 bridgehead atoms. The highest BCUT2D eigenvalue weighted by molar-refractivity contribution is 6.30. The van der Waals surface area contributed by atoms with E-state index in [0.29, 0.717) is 16.6 Å². The number of carbonyl (C=O) groups is 1. The van der Waals surface area contributed by atoms with Crippen molar-refractivity contribution in [3.8, 4) is 6.01 Å². The van der Waals surface area contributed by atoms with Gasteiger partial charge in [0.15, 0.2) is 0 Å². The number of fused-ring (bicyclic) bond motifs is 1. The normalized spacial score (nSPS) is 20.0. The van der Waals surface area contributed by atoms with Crippen LogP contribution >= 0.6 is 11.6 Å². The van der Waals surface area contributed by atoms with Crippen molar-refractivity contribution >= 4 is 28.4 Å². The number of nitrogens with one attached hydrogen (secondary N) is 2. The Morgan fingerprint density at radius 1 is 1.15 bits per heavy atom. The Bertz CT molecular complexity index is 901. The fourth-order valence-electron chi connectivity index (χ4n) is 3.30. The molecule has 1 fully saturated rings. The number of hydrogen-bond acceptors (Lipinski definition) is 4. The number of aromatic amines is 1. The number of hydrogen-bond donors (Lipinski definition) is 2. The SMILES string of the molecule is O=C(NC1CCC(Oc2ncc(Cl)cn2)CC1)c1ccc2[nH]ccc2c1. The number of ether oxygens (including phenoxy) is 1. The maximum atomic E-state index is 12.5. The molecular weight excluding hydrogens is 352 g/mol. The number of carbonyl (C=O) groups excluding carboxylic acids is 1. The van der Waals surface area contributed by atoms with Gasteiger partial charge in [-0.25, -0.2) is 9.97 Å². The van der Waals surface area contributed by atoms with E-state index in [0.717, 1.165) is 36.6 Å². The fraction of sp³-hybridized carbons (Fsp3) is 0.316. The Morgan fingerprint density at radius 2 is 1.92 bits per heavy atom. The zero-order valence-electron chi connectivity index (χ0n) is 14.1. The quantitative estimate of drug-likeness (QED) is 0.733. The maximum absolute atomic E-state index is 12.5. The molecule has 0 radical (unpaired) electrons. The van der Waals surface area contributed by atoms with Crippen molar-refractivity contribution in [2.75, 3.05) is 0 Å². The number of rotatable bonds is 4. The summed E-state index contributed by atoms with van der Waals surface area (Å²) in [6.45, 7) is 0. The predicted octanol–water partition coefficient (Wildman–Crippen LogP) is 3.73. The molecule has 2 N–H and O–H groups in total. The number of H-pyrrole nitrogens is 1. The van der Waals surface area contributed by atoms with Crippen molar-refractivity contribution < 1.29 is 9.53 Å². The zero-order valence-corrected chi connectivity index (χ0v) is 14.9. The van der Waals surface area contributed by atoms with Crippen LogP contribution in [-0.4, -0.2) is 33.0 Å².